The van der Waals surface area contributed by atoms with Crippen LogP contribution in [0.4, 0.5) is 8.78 Å². The quantitative estimate of drug-likeness (QED) is 0.776. The molecule has 2 heterocycles. The Morgan fingerprint density at radius 2 is 2.04 bits per heavy atom. The third-order valence-electron chi connectivity index (χ3n) is 3.39. The zero-order valence-electron chi connectivity index (χ0n) is 11.8. The number of hydrogen-bond donors (Lipinski definition) is 1. The van der Waals surface area contributed by atoms with Crippen LogP contribution < -0.4 is 11.3 Å². The van der Waals surface area contributed by atoms with Crippen LogP contribution in [0.5, 0.6) is 5.75 Å². The first-order valence-corrected chi connectivity index (χ1v) is 6.54. The highest BCUT2D eigenvalue weighted by molar-refractivity contribution is 5.77. The van der Waals surface area contributed by atoms with E-state index < -0.39 is 40.6 Å². The Balaban J connectivity index is 2.25. The average molecular weight is 320 g/mol. The second-order valence-electron chi connectivity index (χ2n) is 4.93. The molecule has 0 amide bonds. The maximum Gasteiger partial charge on any atom is 0.422 e. The van der Waals surface area contributed by atoms with Crippen molar-refractivity contribution < 1.29 is 18.3 Å². The lowest BCUT2D eigenvalue weighted by Gasteiger charge is -2.08. The summed E-state index contributed by atoms with van der Waals surface area (Å²) in [4.78, 5) is 28.0. The van der Waals surface area contributed by atoms with Crippen molar-refractivity contribution in [3.05, 3.63) is 68.2 Å². The van der Waals surface area contributed by atoms with Gasteiger partial charge >= 0.3 is 5.76 Å². The van der Waals surface area contributed by atoms with E-state index in [4.69, 9.17) is 4.42 Å². The van der Waals surface area contributed by atoms with Crippen LogP contribution in [0.1, 0.15) is 11.3 Å². The molecular weight excluding hydrogens is 310 g/mol. The van der Waals surface area contributed by atoms with Gasteiger partial charge in [-0.2, -0.15) is 0 Å². The van der Waals surface area contributed by atoms with Crippen LogP contribution >= 0.6 is 0 Å². The summed E-state index contributed by atoms with van der Waals surface area (Å²) < 4.78 is 33.3. The fourth-order valence-corrected chi connectivity index (χ4v) is 2.25. The minimum atomic E-state index is -1.08. The molecule has 0 aliphatic rings. The molecule has 0 atom stereocenters. The molecule has 0 saturated heterocycles. The number of phenolic OH excluding ortho intramolecular Hbond substituents is 1. The van der Waals surface area contributed by atoms with Crippen molar-refractivity contribution in [2.45, 2.75) is 13.5 Å². The highest BCUT2D eigenvalue weighted by Crippen LogP contribution is 2.20. The number of hydrogen-bond acceptors (Lipinski definition) is 5. The van der Waals surface area contributed by atoms with Crippen LogP contribution in [0.15, 0.2) is 38.4 Å². The third-order valence-corrected chi connectivity index (χ3v) is 3.39. The van der Waals surface area contributed by atoms with Crippen molar-refractivity contribution >= 4 is 11.0 Å². The summed E-state index contributed by atoms with van der Waals surface area (Å²) >= 11 is 0. The molecular formula is C15H10F2N2O4. The summed E-state index contributed by atoms with van der Waals surface area (Å²) in [5, 5.41) is 8.80. The number of aromatic nitrogens is 2. The summed E-state index contributed by atoms with van der Waals surface area (Å²) in [5.41, 5.74) is -1.19. The first-order chi connectivity index (χ1) is 10.9. The first-order valence-electron chi connectivity index (χ1n) is 6.54. The fraction of sp³-hybridized carbons (Fsp3) is 0.133. The SMILES string of the molecule is Cc1nccc(Cn2c(=O)oc3cc(O)cc(F)c3c2=O)c1F. The largest absolute Gasteiger partial charge is 0.508 e. The molecule has 1 N–H and O–H groups in total. The van der Waals surface area contributed by atoms with Crippen LogP contribution in [0, 0.1) is 18.6 Å². The normalized spacial score (nSPS) is 11.1. The van der Waals surface area contributed by atoms with Crippen LogP contribution in [0.25, 0.3) is 11.0 Å². The summed E-state index contributed by atoms with van der Waals surface area (Å²) in [6.07, 6.45) is 1.33. The van der Waals surface area contributed by atoms with Crippen molar-refractivity contribution in [3.8, 4) is 5.75 Å². The molecule has 3 rings (SSSR count). The maximum absolute atomic E-state index is 14.0. The van der Waals surface area contributed by atoms with Gasteiger partial charge in [0.1, 0.15) is 22.8 Å². The van der Waals surface area contributed by atoms with Crippen LogP contribution in [0.2, 0.25) is 0 Å². The number of nitrogens with zero attached hydrogens (tertiary/aromatic N) is 2. The van der Waals surface area contributed by atoms with Crippen LogP contribution in [0.3, 0.4) is 0 Å². The van der Waals surface area contributed by atoms with Gasteiger partial charge in [0.05, 0.1) is 12.2 Å². The number of phenols is 1. The van der Waals surface area contributed by atoms with Crippen molar-refractivity contribution in [2.24, 2.45) is 0 Å². The highest BCUT2D eigenvalue weighted by Gasteiger charge is 2.17. The molecule has 6 nitrogen and oxygen atoms in total. The van der Waals surface area contributed by atoms with Gasteiger partial charge in [0, 0.05) is 23.9 Å². The third kappa shape index (κ3) is 2.48. The number of fused-ring (bicyclic) bond motifs is 1. The summed E-state index contributed by atoms with van der Waals surface area (Å²) in [6, 6.07) is 3.00. The number of halogens is 2. The molecule has 1 aromatic carbocycles. The number of rotatable bonds is 2. The van der Waals surface area contributed by atoms with Gasteiger partial charge < -0.3 is 9.52 Å². The van der Waals surface area contributed by atoms with E-state index in [9.17, 15) is 23.5 Å². The monoisotopic (exact) mass is 320 g/mol. The zero-order chi connectivity index (χ0) is 16.7. The Kier molecular flexibility index (Phi) is 3.44. The van der Waals surface area contributed by atoms with Crippen molar-refractivity contribution in [1.29, 1.82) is 0 Å². The topological polar surface area (TPSA) is 85.3 Å². The predicted molar refractivity (Wildman–Crippen MR) is 76.4 cm³/mol. The molecule has 0 spiro atoms. The van der Waals surface area contributed by atoms with E-state index >= 15 is 0 Å². The van der Waals surface area contributed by atoms with E-state index in [0.717, 1.165) is 12.1 Å². The van der Waals surface area contributed by atoms with E-state index in [1.54, 1.807) is 0 Å². The van der Waals surface area contributed by atoms with E-state index in [1.165, 1.54) is 19.2 Å². The molecule has 0 aliphatic heterocycles. The summed E-state index contributed by atoms with van der Waals surface area (Å²) in [6.45, 7) is 1.01. The molecule has 0 bridgehead atoms. The summed E-state index contributed by atoms with van der Waals surface area (Å²) in [7, 11) is 0. The lowest BCUT2D eigenvalue weighted by atomic mass is 10.2. The lowest BCUT2D eigenvalue weighted by Crippen LogP contribution is -2.33. The van der Waals surface area contributed by atoms with Gasteiger partial charge in [0.25, 0.3) is 5.56 Å². The molecule has 0 radical (unpaired) electrons. The van der Waals surface area contributed by atoms with Gasteiger partial charge in [-0.3, -0.25) is 9.78 Å². The van der Waals surface area contributed by atoms with Gasteiger partial charge in [-0.15, -0.1) is 0 Å². The Labute approximate surface area is 127 Å². The van der Waals surface area contributed by atoms with Crippen LogP contribution in [-0.4, -0.2) is 14.7 Å². The van der Waals surface area contributed by atoms with Gasteiger partial charge in [-0.05, 0) is 13.0 Å². The molecule has 23 heavy (non-hydrogen) atoms. The van der Waals surface area contributed by atoms with Crippen molar-refractivity contribution in [3.63, 3.8) is 0 Å². The Morgan fingerprint density at radius 3 is 2.78 bits per heavy atom. The van der Waals surface area contributed by atoms with E-state index in [-0.39, 0.29) is 16.8 Å². The first kappa shape index (κ1) is 14.9. The second-order valence-corrected chi connectivity index (χ2v) is 4.93. The van der Waals surface area contributed by atoms with Crippen molar-refractivity contribution in [2.75, 3.05) is 0 Å². The number of benzene rings is 1. The van der Waals surface area contributed by atoms with E-state index in [2.05, 4.69) is 4.98 Å². The number of aromatic hydroxyl groups is 1. The highest BCUT2D eigenvalue weighted by atomic mass is 19.1. The van der Waals surface area contributed by atoms with Gasteiger partial charge in [0.2, 0.25) is 0 Å². The predicted octanol–water partition coefficient (Wildman–Crippen LogP) is 1.69. The standard InChI is InChI=1S/C15H10F2N2O4/c1-7-13(17)8(2-3-18-7)6-19-14(21)12-10(16)4-9(20)5-11(12)23-15(19)22/h2-5,20H,6H2,1H3. The Hall–Kier alpha value is -3.03. The van der Waals surface area contributed by atoms with E-state index in [0.29, 0.717) is 4.57 Å². The number of pyridine rings is 1. The maximum atomic E-state index is 14.0. The molecule has 0 fully saturated rings. The fourth-order valence-electron chi connectivity index (χ4n) is 2.25. The van der Waals surface area contributed by atoms with Gasteiger partial charge in [0.15, 0.2) is 5.58 Å². The molecule has 118 valence electrons. The minimum Gasteiger partial charge on any atom is -0.508 e. The minimum absolute atomic E-state index is 0.0467. The molecule has 0 unspecified atom stereocenters. The van der Waals surface area contributed by atoms with E-state index in [1.807, 2.05) is 0 Å². The number of aryl methyl sites for hydroxylation is 1. The smallest absolute Gasteiger partial charge is 0.422 e. The zero-order valence-corrected chi connectivity index (χ0v) is 11.8. The molecule has 0 saturated carbocycles. The summed E-state index contributed by atoms with van der Waals surface area (Å²) in [5.74, 6) is -3.26. The van der Waals surface area contributed by atoms with Gasteiger partial charge in [-0.25, -0.2) is 18.1 Å². The lowest BCUT2D eigenvalue weighted by molar-refractivity contribution is 0.449. The average Bonchev–Trinajstić information content (AvgIpc) is 2.46. The Morgan fingerprint density at radius 1 is 1.30 bits per heavy atom. The molecule has 8 heteroatoms. The van der Waals surface area contributed by atoms with Gasteiger partial charge in [-0.1, -0.05) is 0 Å². The second kappa shape index (κ2) is 5.31. The molecule has 3 aromatic rings. The van der Waals surface area contributed by atoms with Crippen molar-refractivity contribution in [1.82, 2.24) is 9.55 Å². The molecule has 2 aromatic heterocycles. The Bertz CT molecular complexity index is 1040. The molecule has 0 aliphatic carbocycles. The van der Waals surface area contributed by atoms with Crippen LogP contribution in [-0.2, 0) is 6.54 Å².